The van der Waals surface area contributed by atoms with Gasteiger partial charge in [-0.25, -0.2) is 0 Å². The summed E-state index contributed by atoms with van der Waals surface area (Å²) in [6, 6.07) is 10.7. The van der Waals surface area contributed by atoms with Crippen molar-refractivity contribution in [3.05, 3.63) is 53.3 Å². The van der Waals surface area contributed by atoms with Crippen LogP contribution in [0.3, 0.4) is 0 Å². The molecule has 1 aromatic carbocycles. The van der Waals surface area contributed by atoms with E-state index in [1.807, 2.05) is 12.3 Å². The molecule has 1 atom stereocenters. The number of aryl methyl sites for hydroxylation is 2. The van der Waals surface area contributed by atoms with Gasteiger partial charge in [-0.15, -0.1) is 0 Å². The SMILES string of the molecule is COCC(NCCCc1cn[nH]c1C)c1ccccc1. The summed E-state index contributed by atoms with van der Waals surface area (Å²) in [6.45, 7) is 3.72. The van der Waals surface area contributed by atoms with Crippen LogP contribution in [0.4, 0.5) is 0 Å². The molecule has 0 aliphatic rings. The van der Waals surface area contributed by atoms with Crippen LogP contribution in [0.2, 0.25) is 0 Å². The second-order valence-electron chi connectivity index (χ2n) is 5.00. The first-order valence-corrected chi connectivity index (χ1v) is 7.07. The van der Waals surface area contributed by atoms with E-state index in [0.717, 1.165) is 19.4 Å². The van der Waals surface area contributed by atoms with Crippen molar-refractivity contribution in [2.75, 3.05) is 20.3 Å². The number of rotatable bonds is 8. The van der Waals surface area contributed by atoms with Crippen molar-refractivity contribution in [2.24, 2.45) is 0 Å². The van der Waals surface area contributed by atoms with E-state index in [9.17, 15) is 0 Å². The zero-order valence-electron chi connectivity index (χ0n) is 12.2. The number of nitrogens with zero attached hydrogens (tertiary/aromatic N) is 1. The number of aromatic amines is 1. The molecule has 1 heterocycles. The van der Waals surface area contributed by atoms with Gasteiger partial charge in [-0.05, 0) is 37.4 Å². The summed E-state index contributed by atoms with van der Waals surface area (Å²) in [7, 11) is 1.74. The van der Waals surface area contributed by atoms with Gasteiger partial charge in [0.1, 0.15) is 0 Å². The van der Waals surface area contributed by atoms with Crippen molar-refractivity contribution in [1.29, 1.82) is 0 Å². The number of methoxy groups -OCH3 is 1. The summed E-state index contributed by atoms with van der Waals surface area (Å²) in [5, 5.41) is 10.6. The second-order valence-corrected chi connectivity index (χ2v) is 5.00. The summed E-state index contributed by atoms with van der Waals surface area (Å²) >= 11 is 0. The average molecular weight is 273 g/mol. The number of hydrogen-bond donors (Lipinski definition) is 2. The molecule has 0 radical (unpaired) electrons. The Bertz CT molecular complexity index is 495. The van der Waals surface area contributed by atoms with Crippen molar-refractivity contribution in [3.8, 4) is 0 Å². The summed E-state index contributed by atoms with van der Waals surface area (Å²) < 4.78 is 5.30. The predicted molar refractivity (Wildman–Crippen MR) is 80.7 cm³/mol. The van der Waals surface area contributed by atoms with Gasteiger partial charge in [0.15, 0.2) is 0 Å². The van der Waals surface area contributed by atoms with Gasteiger partial charge < -0.3 is 10.1 Å². The number of benzene rings is 1. The smallest absolute Gasteiger partial charge is 0.0657 e. The van der Waals surface area contributed by atoms with Gasteiger partial charge in [-0.2, -0.15) is 5.10 Å². The summed E-state index contributed by atoms with van der Waals surface area (Å²) in [4.78, 5) is 0. The Morgan fingerprint density at radius 2 is 2.10 bits per heavy atom. The van der Waals surface area contributed by atoms with Gasteiger partial charge in [-0.3, -0.25) is 5.10 Å². The lowest BCUT2D eigenvalue weighted by Crippen LogP contribution is -2.26. The van der Waals surface area contributed by atoms with E-state index in [-0.39, 0.29) is 6.04 Å². The molecule has 0 bridgehead atoms. The zero-order chi connectivity index (χ0) is 14.2. The molecule has 0 aliphatic carbocycles. The monoisotopic (exact) mass is 273 g/mol. The third-order valence-corrected chi connectivity index (χ3v) is 3.48. The van der Waals surface area contributed by atoms with Gasteiger partial charge in [0, 0.05) is 12.8 Å². The van der Waals surface area contributed by atoms with E-state index in [0.29, 0.717) is 6.61 Å². The van der Waals surface area contributed by atoms with Gasteiger partial charge in [-0.1, -0.05) is 30.3 Å². The molecule has 108 valence electrons. The Hall–Kier alpha value is -1.65. The largest absolute Gasteiger partial charge is 0.383 e. The molecule has 1 unspecified atom stereocenters. The summed E-state index contributed by atoms with van der Waals surface area (Å²) in [5.41, 5.74) is 3.74. The van der Waals surface area contributed by atoms with Crippen molar-refractivity contribution >= 4 is 0 Å². The standard InChI is InChI=1S/C16H23N3O/c1-13-15(11-18-19-13)9-6-10-17-16(12-20-2)14-7-4-3-5-8-14/h3-5,7-8,11,16-17H,6,9-10,12H2,1-2H3,(H,18,19). The molecule has 4 heteroatoms. The van der Waals surface area contributed by atoms with Gasteiger partial charge >= 0.3 is 0 Å². The Morgan fingerprint density at radius 3 is 2.75 bits per heavy atom. The number of ether oxygens (including phenoxy) is 1. The van der Waals surface area contributed by atoms with Gasteiger partial charge in [0.25, 0.3) is 0 Å². The van der Waals surface area contributed by atoms with Crippen LogP contribution in [0.15, 0.2) is 36.5 Å². The zero-order valence-corrected chi connectivity index (χ0v) is 12.2. The number of hydrogen-bond acceptors (Lipinski definition) is 3. The molecule has 4 nitrogen and oxygen atoms in total. The third-order valence-electron chi connectivity index (χ3n) is 3.48. The normalized spacial score (nSPS) is 12.5. The van der Waals surface area contributed by atoms with Crippen molar-refractivity contribution in [1.82, 2.24) is 15.5 Å². The first-order valence-electron chi connectivity index (χ1n) is 7.07. The maximum absolute atomic E-state index is 5.30. The van der Waals surface area contributed by atoms with Crippen LogP contribution in [0.25, 0.3) is 0 Å². The second kappa shape index (κ2) is 7.82. The lowest BCUT2D eigenvalue weighted by atomic mass is 10.1. The molecule has 2 rings (SSSR count). The molecule has 0 saturated heterocycles. The van der Waals surface area contributed by atoms with E-state index in [2.05, 4.69) is 46.7 Å². The fourth-order valence-corrected chi connectivity index (χ4v) is 2.31. The first kappa shape index (κ1) is 14.8. The first-order chi connectivity index (χ1) is 9.81. The van der Waals surface area contributed by atoms with Gasteiger partial charge in [0.2, 0.25) is 0 Å². The third kappa shape index (κ3) is 4.18. The lowest BCUT2D eigenvalue weighted by molar-refractivity contribution is 0.167. The highest BCUT2D eigenvalue weighted by Gasteiger charge is 2.09. The van der Waals surface area contributed by atoms with Crippen LogP contribution in [0.1, 0.15) is 29.3 Å². The summed E-state index contributed by atoms with van der Waals surface area (Å²) in [6.07, 6.45) is 4.05. The lowest BCUT2D eigenvalue weighted by Gasteiger charge is -2.18. The van der Waals surface area contributed by atoms with Crippen LogP contribution in [-0.2, 0) is 11.2 Å². The van der Waals surface area contributed by atoms with Crippen molar-refractivity contribution in [2.45, 2.75) is 25.8 Å². The van der Waals surface area contributed by atoms with Crippen molar-refractivity contribution in [3.63, 3.8) is 0 Å². The topological polar surface area (TPSA) is 49.9 Å². The van der Waals surface area contributed by atoms with E-state index in [4.69, 9.17) is 4.74 Å². The quantitative estimate of drug-likeness (QED) is 0.727. The van der Waals surface area contributed by atoms with Crippen LogP contribution < -0.4 is 5.32 Å². The fourth-order valence-electron chi connectivity index (χ4n) is 2.31. The molecule has 0 spiro atoms. The fraction of sp³-hybridized carbons (Fsp3) is 0.438. The maximum Gasteiger partial charge on any atom is 0.0657 e. The Labute approximate surface area is 120 Å². The number of aromatic nitrogens is 2. The molecule has 1 aromatic heterocycles. The van der Waals surface area contributed by atoms with Crippen LogP contribution >= 0.6 is 0 Å². The molecule has 0 aliphatic heterocycles. The number of H-pyrrole nitrogens is 1. The maximum atomic E-state index is 5.30. The van der Waals surface area contributed by atoms with E-state index in [1.54, 1.807) is 7.11 Å². The molecular weight excluding hydrogens is 250 g/mol. The molecule has 0 fully saturated rings. The van der Waals surface area contributed by atoms with E-state index < -0.39 is 0 Å². The average Bonchev–Trinajstić information content (AvgIpc) is 2.89. The van der Waals surface area contributed by atoms with Gasteiger partial charge in [0.05, 0.1) is 18.8 Å². The van der Waals surface area contributed by atoms with Crippen LogP contribution in [-0.4, -0.2) is 30.5 Å². The van der Waals surface area contributed by atoms with E-state index in [1.165, 1.54) is 16.8 Å². The minimum absolute atomic E-state index is 0.256. The Kier molecular flexibility index (Phi) is 5.77. The van der Waals surface area contributed by atoms with Crippen LogP contribution in [0.5, 0.6) is 0 Å². The highest BCUT2D eigenvalue weighted by molar-refractivity contribution is 5.19. The minimum atomic E-state index is 0.256. The van der Waals surface area contributed by atoms with Crippen molar-refractivity contribution < 1.29 is 4.74 Å². The number of nitrogens with one attached hydrogen (secondary N) is 2. The minimum Gasteiger partial charge on any atom is -0.383 e. The van der Waals surface area contributed by atoms with E-state index >= 15 is 0 Å². The molecule has 2 aromatic rings. The molecule has 0 amide bonds. The summed E-state index contributed by atoms with van der Waals surface area (Å²) in [5.74, 6) is 0. The molecule has 20 heavy (non-hydrogen) atoms. The highest BCUT2D eigenvalue weighted by atomic mass is 16.5. The highest BCUT2D eigenvalue weighted by Crippen LogP contribution is 2.13. The molecule has 2 N–H and O–H groups in total. The van der Waals surface area contributed by atoms with Crippen LogP contribution in [0, 0.1) is 6.92 Å². The Balaban J connectivity index is 1.79. The predicted octanol–water partition coefficient (Wildman–Crippen LogP) is 2.63. The Morgan fingerprint density at radius 1 is 1.30 bits per heavy atom. The molecule has 0 saturated carbocycles. The molecular formula is C16H23N3O.